The van der Waals surface area contributed by atoms with E-state index in [2.05, 4.69) is 17.3 Å². The average molecular weight is 332 g/mol. The number of amides is 2. The molecule has 0 spiro atoms. The van der Waals surface area contributed by atoms with Gasteiger partial charge in [0.25, 0.3) is 0 Å². The zero-order valence-electron chi connectivity index (χ0n) is 15.0. The van der Waals surface area contributed by atoms with Crippen molar-refractivity contribution in [1.29, 1.82) is 0 Å². The summed E-state index contributed by atoms with van der Waals surface area (Å²) in [5, 5.41) is 7.47. The molecule has 2 aliphatic rings. The monoisotopic (exact) mass is 332 g/mol. The Morgan fingerprint density at radius 3 is 2.58 bits per heavy atom. The minimum Gasteiger partial charge on any atom is -0.354 e. The molecule has 1 aromatic rings. The number of nitrogens with one attached hydrogen (secondary N) is 1. The maximum absolute atomic E-state index is 12.4. The van der Waals surface area contributed by atoms with Crippen LogP contribution in [0.2, 0.25) is 0 Å². The number of likely N-dealkylation sites (tertiary alicyclic amines) is 1. The fourth-order valence-corrected chi connectivity index (χ4v) is 3.91. The van der Waals surface area contributed by atoms with Crippen LogP contribution in [0.25, 0.3) is 0 Å². The van der Waals surface area contributed by atoms with Gasteiger partial charge in [-0.1, -0.05) is 12.8 Å². The van der Waals surface area contributed by atoms with E-state index in [0.29, 0.717) is 32.1 Å². The van der Waals surface area contributed by atoms with Crippen molar-refractivity contribution in [1.82, 2.24) is 20.0 Å². The summed E-state index contributed by atoms with van der Waals surface area (Å²) in [7, 11) is 0. The molecule has 1 saturated heterocycles. The van der Waals surface area contributed by atoms with Gasteiger partial charge in [-0.3, -0.25) is 14.3 Å². The van der Waals surface area contributed by atoms with Crippen molar-refractivity contribution < 1.29 is 9.59 Å². The SMILES string of the molecule is Cc1nn(CCNC(=O)[C@@H]2CC(=O)N(C3CCCC3)C2)c(C)c1C. The van der Waals surface area contributed by atoms with E-state index in [-0.39, 0.29) is 17.7 Å². The highest BCUT2D eigenvalue weighted by Gasteiger charge is 2.38. The lowest BCUT2D eigenvalue weighted by Gasteiger charge is -2.23. The van der Waals surface area contributed by atoms with Gasteiger partial charge in [0.05, 0.1) is 18.2 Å². The number of hydrogen-bond acceptors (Lipinski definition) is 3. The fraction of sp³-hybridized carbons (Fsp3) is 0.722. The third kappa shape index (κ3) is 3.32. The van der Waals surface area contributed by atoms with E-state index >= 15 is 0 Å². The molecule has 0 unspecified atom stereocenters. The molecule has 132 valence electrons. The summed E-state index contributed by atoms with van der Waals surface area (Å²) in [6, 6.07) is 0.368. The summed E-state index contributed by atoms with van der Waals surface area (Å²) in [6.45, 7) is 7.92. The van der Waals surface area contributed by atoms with Crippen LogP contribution in [0, 0.1) is 26.7 Å². The molecule has 0 radical (unpaired) electrons. The summed E-state index contributed by atoms with van der Waals surface area (Å²) in [6.07, 6.45) is 4.96. The molecule has 1 aromatic heterocycles. The van der Waals surface area contributed by atoms with Crippen LogP contribution in [-0.4, -0.2) is 45.6 Å². The molecule has 1 atom stereocenters. The maximum Gasteiger partial charge on any atom is 0.225 e. The van der Waals surface area contributed by atoms with Crippen molar-refractivity contribution in [2.45, 2.75) is 65.5 Å². The average Bonchev–Trinajstić information content (AvgIpc) is 3.25. The minimum absolute atomic E-state index is 0.00194. The Hall–Kier alpha value is -1.85. The predicted octanol–water partition coefficient (Wildman–Crippen LogP) is 1.72. The molecule has 3 rings (SSSR count). The van der Waals surface area contributed by atoms with Crippen molar-refractivity contribution in [2.75, 3.05) is 13.1 Å². The van der Waals surface area contributed by atoms with Crippen molar-refractivity contribution in [3.05, 3.63) is 17.0 Å². The second kappa shape index (κ2) is 6.95. The van der Waals surface area contributed by atoms with Gasteiger partial charge in [0, 0.05) is 31.2 Å². The first-order valence-electron chi connectivity index (χ1n) is 9.05. The van der Waals surface area contributed by atoms with Gasteiger partial charge in [0.1, 0.15) is 0 Å². The largest absolute Gasteiger partial charge is 0.354 e. The third-order valence-electron chi connectivity index (χ3n) is 5.66. The van der Waals surface area contributed by atoms with Gasteiger partial charge in [-0.2, -0.15) is 5.10 Å². The van der Waals surface area contributed by atoms with Crippen LogP contribution in [0.4, 0.5) is 0 Å². The predicted molar refractivity (Wildman–Crippen MR) is 91.5 cm³/mol. The topological polar surface area (TPSA) is 67.2 Å². The summed E-state index contributed by atoms with van der Waals surface area (Å²) in [5.74, 6) is -0.0430. The highest BCUT2D eigenvalue weighted by Crippen LogP contribution is 2.29. The van der Waals surface area contributed by atoms with Crippen LogP contribution >= 0.6 is 0 Å². The first-order chi connectivity index (χ1) is 11.5. The fourth-order valence-electron chi connectivity index (χ4n) is 3.91. The van der Waals surface area contributed by atoms with Crippen LogP contribution in [0.15, 0.2) is 0 Å². The van der Waals surface area contributed by atoms with Gasteiger partial charge in [-0.15, -0.1) is 0 Å². The van der Waals surface area contributed by atoms with Crippen LogP contribution in [-0.2, 0) is 16.1 Å². The molecular weight excluding hydrogens is 304 g/mol. The highest BCUT2D eigenvalue weighted by atomic mass is 16.2. The molecule has 6 nitrogen and oxygen atoms in total. The first kappa shape index (κ1) is 17.0. The number of nitrogens with zero attached hydrogens (tertiary/aromatic N) is 3. The second-order valence-corrected chi connectivity index (χ2v) is 7.20. The lowest BCUT2D eigenvalue weighted by molar-refractivity contribution is -0.130. The van der Waals surface area contributed by atoms with Crippen molar-refractivity contribution in [3.8, 4) is 0 Å². The van der Waals surface area contributed by atoms with E-state index in [9.17, 15) is 9.59 Å². The van der Waals surface area contributed by atoms with Crippen LogP contribution in [0.5, 0.6) is 0 Å². The molecule has 24 heavy (non-hydrogen) atoms. The second-order valence-electron chi connectivity index (χ2n) is 7.20. The van der Waals surface area contributed by atoms with E-state index in [4.69, 9.17) is 0 Å². The van der Waals surface area contributed by atoms with Gasteiger partial charge in [0.2, 0.25) is 11.8 Å². The standard InChI is InChI=1S/C18H28N4O2/c1-12-13(2)20-22(14(12)3)9-8-19-18(24)15-10-17(23)21(11-15)16-6-4-5-7-16/h15-16H,4-11H2,1-3H3,(H,19,24)/t15-/m1/s1. The molecule has 2 fully saturated rings. The van der Waals surface area contributed by atoms with Gasteiger partial charge < -0.3 is 10.2 Å². The first-order valence-corrected chi connectivity index (χ1v) is 9.05. The van der Waals surface area contributed by atoms with E-state index in [1.165, 1.54) is 18.4 Å². The quantitative estimate of drug-likeness (QED) is 0.893. The zero-order valence-corrected chi connectivity index (χ0v) is 15.0. The Morgan fingerprint density at radius 1 is 1.25 bits per heavy atom. The van der Waals surface area contributed by atoms with Gasteiger partial charge in [-0.25, -0.2) is 0 Å². The molecule has 2 heterocycles. The lowest BCUT2D eigenvalue weighted by Crippen LogP contribution is -2.37. The van der Waals surface area contributed by atoms with Crippen molar-refractivity contribution in [2.24, 2.45) is 5.92 Å². The summed E-state index contributed by atoms with van der Waals surface area (Å²) in [4.78, 5) is 26.5. The van der Waals surface area contributed by atoms with Gasteiger partial charge >= 0.3 is 0 Å². The number of hydrogen-bond donors (Lipinski definition) is 1. The molecule has 0 aromatic carbocycles. The van der Waals surface area contributed by atoms with Crippen LogP contribution < -0.4 is 5.32 Å². The van der Waals surface area contributed by atoms with E-state index in [0.717, 1.165) is 24.2 Å². The van der Waals surface area contributed by atoms with Gasteiger partial charge in [-0.05, 0) is 39.2 Å². The Kier molecular flexibility index (Phi) is 4.92. The molecule has 0 bridgehead atoms. The third-order valence-corrected chi connectivity index (χ3v) is 5.66. The van der Waals surface area contributed by atoms with Crippen molar-refractivity contribution >= 4 is 11.8 Å². The lowest BCUT2D eigenvalue weighted by atomic mass is 10.1. The van der Waals surface area contributed by atoms with Crippen LogP contribution in [0.3, 0.4) is 0 Å². The number of rotatable bonds is 5. The normalized spacial score (nSPS) is 21.7. The van der Waals surface area contributed by atoms with Crippen molar-refractivity contribution in [3.63, 3.8) is 0 Å². The molecule has 6 heteroatoms. The maximum atomic E-state index is 12.4. The van der Waals surface area contributed by atoms with E-state index in [1.54, 1.807) is 0 Å². The van der Waals surface area contributed by atoms with E-state index in [1.807, 2.05) is 23.4 Å². The van der Waals surface area contributed by atoms with E-state index < -0.39 is 0 Å². The highest BCUT2D eigenvalue weighted by molar-refractivity contribution is 5.89. The Balaban J connectivity index is 1.48. The zero-order chi connectivity index (χ0) is 17.3. The summed E-state index contributed by atoms with van der Waals surface area (Å²) >= 11 is 0. The summed E-state index contributed by atoms with van der Waals surface area (Å²) < 4.78 is 1.94. The van der Waals surface area contributed by atoms with Crippen LogP contribution in [0.1, 0.15) is 49.1 Å². The molecule has 2 amide bonds. The molecule has 1 aliphatic carbocycles. The Bertz CT molecular complexity index is 631. The molecule has 1 saturated carbocycles. The number of aryl methyl sites for hydroxylation is 1. The van der Waals surface area contributed by atoms with Gasteiger partial charge in [0.15, 0.2) is 0 Å². The summed E-state index contributed by atoms with van der Waals surface area (Å²) in [5.41, 5.74) is 3.38. The Morgan fingerprint density at radius 2 is 1.96 bits per heavy atom. The number of carbonyl (C=O) groups is 2. The number of carbonyl (C=O) groups excluding carboxylic acids is 2. The molecule has 1 aliphatic heterocycles. The minimum atomic E-state index is -0.194. The number of aromatic nitrogens is 2. The molecular formula is C18H28N4O2. The Labute approximate surface area is 143 Å². The smallest absolute Gasteiger partial charge is 0.225 e. The molecule has 1 N–H and O–H groups in total.